The number of hydrogen-bond acceptors (Lipinski definition) is 5. The summed E-state index contributed by atoms with van der Waals surface area (Å²) in [7, 11) is -4.01. The van der Waals surface area contributed by atoms with E-state index in [0.717, 1.165) is 0 Å². The van der Waals surface area contributed by atoms with E-state index in [9.17, 15) is 13.2 Å². The fourth-order valence-corrected chi connectivity index (χ4v) is 3.08. The number of primary sulfonamides is 1. The summed E-state index contributed by atoms with van der Waals surface area (Å²) in [5.41, 5.74) is -0.384. The number of nitrogens with two attached hydrogens (primary N) is 1. The summed E-state index contributed by atoms with van der Waals surface area (Å²) in [5, 5.41) is 14.2. The second-order valence-corrected chi connectivity index (χ2v) is 6.70. The number of H-pyrrole nitrogens is 1. The van der Waals surface area contributed by atoms with Gasteiger partial charge in [-0.3, -0.25) is 9.89 Å². The van der Waals surface area contributed by atoms with E-state index in [0.29, 0.717) is 26.1 Å². The number of ether oxygens (including phenoxy) is 1. The Balaban J connectivity index is 2.26. The van der Waals surface area contributed by atoms with Gasteiger partial charge in [-0.05, 0) is 26.7 Å². The van der Waals surface area contributed by atoms with Gasteiger partial charge < -0.3 is 10.1 Å². The van der Waals surface area contributed by atoms with Crippen LogP contribution in [-0.2, 0) is 14.8 Å². The number of aromatic amines is 1. The van der Waals surface area contributed by atoms with Gasteiger partial charge in [0.25, 0.3) is 5.91 Å². The highest BCUT2D eigenvalue weighted by Gasteiger charge is 2.33. The van der Waals surface area contributed by atoms with Crippen molar-refractivity contribution in [2.45, 2.75) is 37.1 Å². The van der Waals surface area contributed by atoms with Crippen LogP contribution in [0.2, 0.25) is 0 Å². The lowest BCUT2D eigenvalue weighted by Gasteiger charge is -2.34. The van der Waals surface area contributed by atoms with Crippen LogP contribution in [0, 0.1) is 6.92 Å². The summed E-state index contributed by atoms with van der Waals surface area (Å²) in [6.45, 7) is 4.50. The lowest BCUT2D eigenvalue weighted by Crippen LogP contribution is -2.50. The van der Waals surface area contributed by atoms with Crippen molar-refractivity contribution in [3.05, 3.63) is 11.4 Å². The Kier molecular flexibility index (Phi) is 3.85. The number of carbonyl (C=O) groups excluding carboxylic acids is 1. The van der Waals surface area contributed by atoms with Crippen LogP contribution in [0.1, 0.15) is 35.9 Å². The van der Waals surface area contributed by atoms with Crippen molar-refractivity contribution in [3.8, 4) is 0 Å². The van der Waals surface area contributed by atoms with Crippen LogP contribution in [0.5, 0.6) is 0 Å². The number of carbonyl (C=O) groups is 1. The molecule has 2 heterocycles. The molecule has 0 unspecified atom stereocenters. The highest BCUT2D eigenvalue weighted by molar-refractivity contribution is 7.89. The number of aryl methyl sites for hydroxylation is 1. The molecule has 0 atom stereocenters. The highest BCUT2D eigenvalue weighted by atomic mass is 32.2. The first-order chi connectivity index (χ1) is 9.23. The van der Waals surface area contributed by atoms with Crippen molar-refractivity contribution in [1.82, 2.24) is 15.5 Å². The third kappa shape index (κ3) is 3.00. The first-order valence-electron chi connectivity index (χ1n) is 6.21. The number of nitrogens with zero attached hydrogens (tertiary/aromatic N) is 1. The summed E-state index contributed by atoms with van der Waals surface area (Å²) < 4.78 is 28.3. The molecule has 112 valence electrons. The molecular formula is C11H18N4O4S. The zero-order chi connectivity index (χ0) is 15.0. The summed E-state index contributed by atoms with van der Waals surface area (Å²) in [6.07, 6.45) is 1.32. The van der Waals surface area contributed by atoms with E-state index in [4.69, 9.17) is 9.88 Å². The van der Waals surface area contributed by atoms with Gasteiger partial charge in [-0.25, -0.2) is 13.6 Å². The van der Waals surface area contributed by atoms with Crippen LogP contribution in [0.4, 0.5) is 0 Å². The minimum atomic E-state index is -4.01. The average Bonchev–Trinajstić information content (AvgIpc) is 2.71. The maximum Gasteiger partial charge on any atom is 0.273 e. The smallest absolute Gasteiger partial charge is 0.273 e. The Morgan fingerprint density at radius 2 is 2.05 bits per heavy atom. The van der Waals surface area contributed by atoms with Crippen LogP contribution < -0.4 is 10.5 Å². The number of rotatable bonds is 3. The van der Waals surface area contributed by atoms with Gasteiger partial charge in [-0.15, -0.1) is 0 Å². The Hall–Kier alpha value is -1.45. The monoisotopic (exact) mass is 302 g/mol. The van der Waals surface area contributed by atoms with Crippen LogP contribution in [0.25, 0.3) is 0 Å². The first-order valence-corrected chi connectivity index (χ1v) is 7.76. The molecule has 2 rings (SSSR count). The van der Waals surface area contributed by atoms with Crippen LogP contribution >= 0.6 is 0 Å². The molecule has 20 heavy (non-hydrogen) atoms. The molecule has 1 saturated heterocycles. The van der Waals surface area contributed by atoms with E-state index in [-0.39, 0.29) is 16.3 Å². The quantitative estimate of drug-likeness (QED) is 0.704. The van der Waals surface area contributed by atoms with E-state index in [1.807, 2.05) is 6.92 Å². The average molecular weight is 302 g/mol. The summed E-state index contributed by atoms with van der Waals surface area (Å²) in [5.74, 6) is -0.553. The molecule has 0 radical (unpaired) electrons. The predicted octanol–water partition coefficient (Wildman–Crippen LogP) is -0.336. The highest BCUT2D eigenvalue weighted by Crippen LogP contribution is 2.22. The fourth-order valence-electron chi connectivity index (χ4n) is 2.20. The van der Waals surface area contributed by atoms with Crippen molar-refractivity contribution < 1.29 is 17.9 Å². The zero-order valence-corrected chi connectivity index (χ0v) is 12.2. The number of aromatic nitrogens is 2. The lowest BCUT2D eigenvalue weighted by molar-refractivity contribution is 0.0420. The molecule has 1 aromatic heterocycles. The van der Waals surface area contributed by atoms with E-state index < -0.39 is 21.5 Å². The Morgan fingerprint density at radius 3 is 2.60 bits per heavy atom. The van der Waals surface area contributed by atoms with Gasteiger partial charge in [-0.2, -0.15) is 5.10 Å². The summed E-state index contributed by atoms with van der Waals surface area (Å²) >= 11 is 0. The molecule has 9 heteroatoms. The van der Waals surface area contributed by atoms with Gasteiger partial charge in [0.1, 0.15) is 4.90 Å². The van der Waals surface area contributed by atoms with Crippen LogP contribution in [0.15, 0.2) is 4.90 Å². The molecule has 0 spiro atoms. The molecule has 1 amide bonds. The summed E-state index contributed by atoms with van der Waals surface area (Å²) in [6, 6.07) is 0. The number of sulfonamides is 1. The van der Waals surface area contributed by atoms with E-state index in [2.05, 4.69) is 15.5 Å². The molecule has 0 aliphatic carbocycles. The van der Waals surface area contributed by atoms with Gasteiger partial charge in [0.15, 0.2) is 5.69 Å². The second kappa shape index (κ2) is 5.15. The van der Waals surface area contributed by atoms with E-state index >= 15 is 0 Å². The van der Waals surface area contributed by atoms with Crippen molar-refractivity contribution in [2.24, 2.45) is 5.14 Å². The Morgan fingerprint density at radius 1 is 1.45 bits per heavy atom. The Bertz CT molecular complexity index is 616. The molecule has 1 aliphatic heterocycles. The molecule has 4 N–H and O–H groups in total. The summed E-state index contributed by atoms with van der Waals surface area (Å²) in [4.78, 5) is 12.0. The number of amides is 1. The molecule has 0 saturated carbocycles. The van der Waals surface area contributed by atoms with Crippen LogP contribution in [-0.4, -0.2) is 43.3 Å². The van der Waals surface area contributed by atoms with Gasteiger partial charge in [0.2, 0.25) is 10.0 Å². The third-order valence-corrected chi connectivity index (χ3v) is 4.47. The van der Waals surface area contributed by atoms with Crippen LogP contribution in [0.3, 0.4) is 0 Å². The largest absolute Gasteiger partial charge is 0.381 e. The first kappa shape index (κ1) is 14.9. The molecule has 1 fully saturated rings. The van der Waals surface area contributed by atoms with E-state index in [1.54, 1.807) is 0 Å². The van der Waals surface area contributed by atoms with Crippen molar-refractivity contribution in [3.63, 3.8) is 0 Å². The lowest BCUT2D eigenvalue weighted by atomic mass is 9.92. The molecule has 1 aromatic rings. The SMILES string of the molecule is Cc1[nH]nc(C(=O)NC2(C)CCOCC2)c1S(N)(=O)=O. The van der Waals surface area contributed by atoms with Gasteiger partial charge in [0, 0.05) is 18.8 Å². The zero-order valence-electron chi connectivity index (χ0n) is 11.4. The minimum Gasteiger partial charge on any atom is -0.381 e. The maximum absolute atomic E-state index is 12.2. The number of nitrogens with one attached hydrogen (secondary N) is 2. The van der Waals surface area contributed by atoms with Crippen molar-refractivity contribution in [2.75, 3.05) is 13.2 Å². The Labute approximate surface area is 117 Å². The molecule has 0 bridgehead atoms. The molecule has 0 aromatic carbocycles. The second-order valence-electron chi connectivity index (χ2n) is 5.20. The van der Waals surface area contributed by atoms with Gasteiger partial charge in [0.05, 0.1) is 5.69 Å². The predicted molar refractivity (Wildman–Crippen MR) is 70.6 cm³/mol. The van der Waals surface area contributed by atoms with Crippen molar-refractivity contribution >= 4 is 15.9 Å². The van der Waals surface area contributed by atoms with E-state index in [1.165, 1.54) is 6.92 Å². The number of hydrogen-bond donors (Lipinski definition) is 3. The molecule has 1 aliphatic rings. The normalized spacial score (nSPS) is 18.8. The standard InChI is InChI=1S/C11H18N4O4S/c1-7-9(20(12,17)18)8(15-14-7)10(16)13-11(2)3-5-19-6-4-11/h3-6H2,1-2H3,(H,13,16)(H,14,15)(H2,12,17,18). The van der Waals surface area contributed by atoms with Crippen molar-refractivity contribution in [1.29, 1.82) is 0 Å². The fraction of sp³-hybridized carbons (Fsp3) is 0.636. The maximum atomic E-state index is 12.2. The van der Waals surface area contributed by atoms with Gasteiger partial charge in [-0.1, -0.05) is 0 Å². The van der Waals surface area contributed by atoms with Gasteiger partial charge >= 0.3 is 0 Å². The topological polar surface area (TPSA) is 127 Å². The third-order valence-electron chi connectivity index (χ3n) is 3.40. The molecular weight excluding hydrogens is 284 g/mol. The minimum absolute atomic E-state index is 0.197. The molecule has 8 nitrogen and oxygen atoms in total.